The molecule has 0 radical (unpaired) electrons. The van der Waals surface area contributed by atoms with Crippen LogP contribution in [0.2, 0.25) is 0 Å². The topological polar surface area (TPSA) is 81.2 Å². The normalized spacial score (nSPS) is 25.5. The monoisotopic (exact) mass is 210 g/mol. The first-order chi connectivity index (χ1) is 7.20. The van der Waals surface area contributed by atoms with Gasteiger partial charge in [0.25, 0.3) is 5.91 Å². The molecule has 3 N–H and O–H groups in total. The van der Waals surface area contributed by atoms with Gasteiger partial charge in [-0.2, -0.15) is 0 Å². The minimum absolute atomic E-state index is 0.153. The van der Waals surface area contributed by atoms with Crippen molar-refractivity contribution in [3.05, 3.63) is 18.2 Å². The van der Waals surface area contributed by atoms with Crippen LogP contribution in [-0.4, -0.2) is 58.2 Å². The average Bonchev–Trinajstić information content (AvgIpc) is 2.85. The first-order valence-electron chi connectivity index (χ1n) is 4.84. The van der Waals surface area contributed by atoms with E-state index in [9.17, 15) is 9.90 Å². The van der Waals surface area contributed by atoms with E-state index in [-0.39, 0.29) is 11.9 Å². The number of hydrogen-bond donors (Lipinski definition) is 3. The van der Waals surface area contributed by atoms with Crippen molar-refractivity contribution in [3.63, 3.8) is 0 Å². The summed E-state index contributed by atoms with van der Waals surface area (Å²) in [5, 5.41) is 12.7. The maximum Gasteiger partial charge on any atom is 0.272 e. The Labute approximate surface area is 87.3 Å². The lowest BCUT2D eigenvalue weighted by atomic mass is 10.2. The number of hydrogen-bond acceptors (Lipinski definition) is 4. The predicted molar refractivity (Wildman–Crippen MR) is 53.3 cm³/mol. The van der Waals surface area contributed by atoms with Crippen molar-refractivity contribution in [2.24, 2.45) is 0 Å². The lowest BCUT2D eigenvalue weighted by Crippen LogP contribution is -2.44. The minimum Gasteiger partial charge on any atom is -0.390 e. The number of aromatic nitrogens is 2. The second kappa shape index (κ2) is 4.00. The molecule has 1 aromatic heterocycles. The number of nitrogens with one attached hydrogen (secondary N) is 2. The van der Waals surface area contributed by atoms with Gasteiger partial charge >= 0.3 is 0 Å². The van der Waals surface area contributed by atoms with Crippen molar-refractivity contribution in [2.45, 2.75) is 12.1 Å². The summed E-state index contributed by atoms with van der Waals surface area (Å²) >= 11 is 0. The number of nitrogens with zero attached hydrogens (tertiary/aromatic N) is 2. The number of aliphatic hydroxyl groups excluding tert-OH is 1. The van der Waals surface area contributed by atoms with E-state index in [0.717, 1.165) is 0 Å². The third-order valence-electron chi connectivity index (χ3n) is 2.70. The lowest BCUT2D eigenvalue weighted by Gasteiger charge is -2.25. The van der Waals surface area contributed by atoms with Crippen LogP contribution in [0.15, 0.2) is 12.5 Å². The number of β-amino-alcohol motifs (C(OH)–C–C–N with tert-alkyl or cyclic N) is 1. The number of carbonyl (C=O) groups is 1. The number of H-pyrrole nitrogens is 1. The molecular formula is C9H14N4O2. The van der Waals surface area contributed by atoms with Crippen molar-refractivity contribution in [3.8, 4) is 0 Å². The van der Waals surface area contributed by atoms with Gasteiger partial charge in [-0.25, -0.2) is 4.98 Å². The number of likely N-dealkylation sites (N-methyl/N-ethyl adjacent to an activating group) is 1. The van der Waals surface area contributed by atoms with Gasteiger partial charge in [0.2, 0.25) is 0 Å². The van der Waals surface area contributed by atoms with Crippen LogP contribution in [0.1, 0.15) is 10.5 Å². The number of aliphatic hydroxyl groups is 1. The van der Waals surface area contributed by atoms with Crippen LogP contribution in [0.25, 0.3) is 0 Å². The van der Waals surface area contributed by atoms with Gasteiger partial charge in [0.1, 0.15) is 5.69 Å². The molecule has 1 amide bonds. The van der Waals surface area contributed by atoms with Gasteiger partial charge < -0.3 is 20.3 Å². The minimum atomic E-state index is -0.498. The zero-order valence-corrected chi connectivity index (χ0v) is 8.47. The van der Waals surface area contributed by atoms with Crippen molar-refractivity contribution in [1.82, 2.24) is 20.2 Å². The molecule has 0 spiro atoms. The van der Waals surface area contributed by atoms with E-state index in [0.29, 0.717) is 18.8 Å². The Morgan fingerprint density at radius 1 is 1.67 bits per heavy atom. The molecule has 0 bridgehead atoms. The van der Waals surface area contributed by atoms with Gasteiger partial charge in [0.05, 0.1) is 24.7 Å². The first-order valence-corrected chi connectivity index (χ1v) is 4.84. The maximum absolute atomic E-state index is 11.9. The zero-order chi connectivity index (χ0) is 10.8. The molecule has 2 heterocycles. The third-order valence-corrected chi connectivity index (χ3v) is 2.70. The highest BCUT2D eigenvalue weighted by atomic mass is 16.3. The van der Waals surface area contributed by atoms with E-state index in [1.807, 2.05) is 0 Å². The zero-order valence-electron chi connectivity index (χ0n) is 8.47. The van der Waals surface area contributed by atoms with Crippen molar-refractivity contribution in [2.75, 3.05) is 20.1 Å². The van der Waals surface area contributed by atoms with Crippen LogP contribution < -0.4 is 5.32 Å². The average molecular weight is 210 g/mol. The Morgan fingerprint density at radius 2 is 2.47 bits per heavy atom. The molecule has 0 aromatic carbocycles. The van der Waals surface area contributed by atoms with E-state index >= 15 is 0 Å². The van der Waals surface area contributed by atoms with E-state index < -0.39 is 6.10 Å². The number of aromatic amines is 1. The Balaban J connectivity index is 2.07. The Hall–Kier alpha value is -1.40. The van der Waals surface area contributed by atoms with Gasteiger partial charge in [0, 0.05) is 20.1 Å². The van der Waals surface area contributed by atoms with Crippen molar-refractivity contribution in [1.29, 1.82) is 0 Å². The summed E-state index contributed by atoms with van der Waals surface area (Å²) in [5.41, 5.74) is 0.441. The number of imidazole rings is 1. The summed E-state index contributed by atoms with van der Waals surface area (Å²) in [6.07, 6.45) is 2.44. The summed E-state index contributed by atoms with van der Waals surface area (Å²) in [6, 6.07) is -0.166. The predicted octanol–water partition coefficient (Wildman–Crippen LogP) is -1.19. The van der Waals surface area contributed by atoms with Gasteiger partial charge in [-0.1, -0.05) is 0 Å². The molecule has 0 aliphatic carbocycles. The summed E-state index contributed by atoms with van der Waals surface area (Å²) in [7, 11) is 1.68. The molecule has 2 atom stereocenters. The fourth-order valence-electron chi connectivity index (χ4n) is 1.76. The summed E-state index contributed by atoms with van der Waals surface area (Å²) in [4.78, 5) is 19.9. The van der Waals surface area contributed by atoms with E-state index in [1.54, 1.807) is 7.05 Å². The standard InChI is InChI=1S/C9H14N4O2/c1-13(7-3-10-4-8(7)14)9(15)6-2-11-5-12-6/h2,5,7-8,10,14H,3-4H2,1H3,(H,11,12)/t7-,8-/m0/s1. The fraction of sp³-hybridized carbons (Fsp3) is 0.556. The number of amides is 1. The molecule has 0 saturated carbocycles. The highest BCUT2D eigenvalue weighted by Crippen LogP contribution is 2.10. The second-order valence-corrected chi connectivity index (χ2v) is 3.67. The highest BCUT2D eigenvalue weighted by molar-refractivity contribution is 5.92. The van der Waals surface area contributed by atoms with Gasteiger partial charge in [0.15, 0.2) is 0 Å². The second-order valence-electron chi connectivity index (χ2n) is 3.67. The van der Waals surface area contributed by atoms with Gasteiger partial charge in [-0.3, -0.25) is 4.79 Å². The maximum atomic E-state index is 11.9. The third kappa shape index (κ3) is 1.86. The van der Waals surface area contributed by atoms with Crippen LogP contribution in [-0.2, 0) is 0 Å². The quantitative estimate of drug-likeness (QED) is 0.573. The van der Waals surface area contributed by atoms with Crippen molar-refractivity contribution >= 4 is 5.91 Å². The van der Waals surface area contributed by atoms with Crippen LogP contribution in [0.5, 0.6) is 0 Å². The molecule has 1 aliphatic rings. The SMILES string of the molecule is CN(C(=O)c1cnc[nH]1)[C@H]1CNC[C@@H]1O. The van der Waals surface area contributed by atoms with Crippen LogP contribution in [0, 0.1) is 0 Å². The van der Waals surface area contributed by atoms with Crippen LogP contribution in [0.3, 0.4) is 0 Å². The fourth-order valence-corrected chi connectivity index (χ4v) is 1.76. The van der Waals surface area contributed by atoms with Crippen LogP contribution in [0.4, 0.5) is 0 Å². The molecule has 1 saturated heterocycles. The summed E-state index contributed by atoms with van der Waals surface area (Å²) in [5.74, 6) is -0.153. The Kier molecular flexibility index (Phi) is 2.70. The first kappa shape index (κ1) is 10.1. The summed E-state index contributed by atoms with van der Waals surface area (Å²) < 4.78 is 0. The number of rotatable bonds is 2. The molecule has 1 aliphatic heterocycles. The smallest absolute Gasteiger partial charge is 0.272 e. The molecule has 1 fully saturated rings. The Bertz CT molecular complexity index is 338. The van der Waals surface area contributed by atoms with Crippen LogP contribution >= 0.6 is 0 Å². The lowest BCUT2D eigenvalue weighted by molar-refractivity contribution is 0.0576. The highest BCUT2D eigenvalue weighted by Gasteiger charge is 2.31. The molecule has 6 nitrogen and oxygen atoms in total. The number of carbonyl (C=O) groups excluding carboxylic acids is 1. The largest absolute Gasteiger partial charge is 0.390 e. The molecule has 82 valence electrons. The Morgan fingerprint density at radius 3 is 3.00 bits per heavy atom. The van der Waals surface area contributed by atoms with E-state index in [2.05, 4.69) is 15.3 Å². The van der Waals surface area contributed by atoms with Gasteiger partial charge in [-0.05, 0) is 0 Å². The molecule has 2 rings (SSSR count). The van der Waals surface area contributed by atoms with E-state index in [1.165, 1.54) is 17.4 Å². The molecular weight excluding hydrogens is 196 g/mol. The molecule has 15 heavy (non-hydrogen) atoms. The summed E-state index contributed by atoms with van der Waals surface area (Å²) in [6.45, 7) is 1.16. The molecule has 6 heteroatoms. The van der Waals surface area contributed by atoms with Crippen molar-refractivity contribution < 1.29 is 9.90 Å². The molecule has 0 unspecified atom stereocenters. The van der Waals surface area contributed by atoms with E-state index in [4.69, 9.17) is 0 Å². The molecule has 1 aromatic rings. The van der Waals surface area contributed by atoms with Gasteiger partial charge in [-0.15, -0.1) is 0 Å².